The molecule has 0 aromatic carbocycles. The number of hydrogen-bond acceptors (Lipinski definition) is 0. The van der Waals surface area contributed by atoms with E-state index in [2.05, 4.69) is 52.5 Å². The summed E-state index contributed by atoms with van der Waals surface area (Å²) in [5.74, 6) is 0. The average molecular weight is 140 g/mol. The topological polar surface area (TPSA) is 0 Å². The van der Waals surface area contributed by atoms with E-state index in [1.807, 2.05) is 0 Å². The third-order valence-corrected chi connectivity index (χ3v) is 1.02. The Morgan fingerprint density at radius 1 is 1.10 bits per heavy atom. The predicted molar refractivity (Wildman–Crippen MR) is 46.6 cm³/mol. The molecule has 0 unspecified atom stereocenters. The van der Waals surface area contributed by atoms with E-state index in [-0.39, 0.29) is 0 Å². The van der Waals surface area contributed by atoms with Crippen LogP contribution in [0.3, 0.4) is 0 Å². The fourth-order valence-corrected chi connectivity index (χ4v) is 0.523. The molecule has 10 heavy (non-hydrogen) atoms. The molecule has 0 atom stereocenters. The van der Waals surface area contributed by atoms with E-state index in [9.17, 15) is 0 Å². The van der Waals surface area contributed by atoms with Gasteiger partial charge in [-0.15, -0.1) is 0 Å². The first-order valence-electron chi connectivity index (χ1n) is 3.72. The van der Waals surface area contributed by atoms with Crippen molar-refractivity contribution in [3.63, 3.8) is 0 Å². The second-order valence-corrected chi connectivity index (χ2v) is 3.29. The molecule has 0 spiro atoms. The van der Waals surface area contributed by atoms with Crippen LogP contribution in [0.2, 0.25) is 0 Å². The van der Waals surface area contributed by atoms with Crippen LogP contribution in [0.25, 0.3) is 0 Å². The molecule has 0 aliphatic carbocycles. The zero-order valence-electron chi connectivity index (χ0n) is 7.46. The summed E-state index contributed by atoms with van der Waals surface area (Å²) in [4.78, 5) is 0. The number of nitrogens with zero attached hydrogens (tertiary/aromatic N) is 1. The number of allylic oxidation sites excluding steroid dienone is 3. The lowest BCUT2D eigenvalue weighted by Crippen LogP contribution is -2.26. The van der Waals surface area contributed by atoms with Crippen LogP contribution in [0, 0.1) is 0 Å². The molecule has 0 saturated carbocycles. The van der Waals surface area contributed by atoms with Gasteiger partial charge >= 0.3 is 0 Å². The first kappa shape index (κ1) is 9.44. The maximum atomic E-state index is 2.14. The summed E-state index contributed by atoms with van der Waals surface area (Å²) in [6, 6.07) is 0. The molecule has 0 N–H and O–H groups in total. The highest BCUT2D eigenvalue weighted by molar-refractivity contribution is 4.98. The summed E-state index contributed by atoms with van der Waals surface area (Å²) in [7, 11) is 6.41. The van der Waals surface area contributed by atoms with Gasteiger partial charge in [0.05, 0.1) is 27.3 Å². The standard InChI is InChI=1S/C9H18N/c1-5-6-7-8-9-10(2,3)4/h6-9H,5H2,1-4H3/q+1. The second kappa shape index (κ2) is 4.29. The van der Waals surface area contributed by atoms with Gasteiger partial charge in [-0.3, -0.25) is 0 Å². The van der Waals surface area contributed by atoms with Gasteiger partial charge in [-0.1, -0.05) is 19.1 Å². The Bertz CT molecular complexity index is 126. The fraction of sp³-hybridized carbons (Fsp3) is 0.556. The van der Waals surface area contributed by atoms with Crippen LogP contribution >= 0.6 is 0 Å². The Morgan fingerprint density at radius 2 is 1.70 bits per heavy atom. The maximum Gasteiger partial charge on any atom is 0.0952 e. The Kier molecular flexibility index (Phi) is 4.05. The van der Waals surface area contributed by atoms with E-state index in [0.29, 0.717) is 0 Å². The highest BCUT2D eigenvalue weighted by Crippen LogP contribution is 1.91. The lowest BCUT2D eigenvalue weighted by Gasteiger charge is -2.16. The average Bonchev–Trinajstić information content (AvgIpc) is 1.78. The molecular weight excluding hydrogens is 122 g/mol. The SMILES string of the molecule is CCC=CC=C[N+](C)(C)C. The monoisotopic (exact) mass is 140 g/mol. The molecule has 58 valence electrons. The zero-order valence-corrected chi connectivity index (χ0v) is 7.46. The Morgan fingerprint density at radius 3 is 2.10 bits per heavy atom. The highest BCUT2D eigenvalue weighted by Gasteiger charge is 1.96. The van der Waals surface area contributed by atoms with E-state index in [1.165, 1.54) is 0 Å². The lowest BCUT2D eigenvalue weighted by molar-refractivity contribution is -0.817. The van der Waals surface area contributed by atoms with Crippen LogP contribution in [-0.4, -0.2) is 25.6 Å². The van der Waals surface area contributed by atoms with Gasteiger partial charge in [0.15, 0.2) is 0 Å². The molecule has 0 saturated heterocycles. The van der Waals surface area contributed by atoms with Crippen LogP contribution in [0.15, 0.2) is 24.4 Å². The largest absolute Gasteiger partial charge is 0.305 e. The summed E-state index contributed by atoms with van der Waals surface area (Å²) < 4.78 is 0.883. The van der Waals surface area contributed by atoms with Gasteiger partial charge in [0.2, 0.25) is 0 Å². The van der Waals surface area contributed by atoms with Crippen molar-refractivity contribution < 1.29 is 4.48 Å². The highest BCUT2D eigenvalue weighted by atomic mass is 15.3. The van der Waals surface area contributed by atoms with E-state index in [0.717, 1.165) is 10.9 Å². The summed E-state index contributed by atoms with van der Waals surface area (Å²) >= 11 is 0. The Labute approximate surface area is 64.2 Å². The molecule has 0 radical (unpaired) electrons. The quantitative estimate of drug-likeness (QED) is 0.416. The smallest absolute Gasteiger partial charge is 0.0952 e. The molecule has 1 heteroatoms. The third kappa shape index (κ3) is 7.44. The van der Waals surface area contributed by atoms with Crippen molar-refractivity contribution in [3.8, 4) is 0 Å². The molecule has 0 heterocycles. The molecule has 0 rings (SSSR count). The molecule has 0 amide bonds. The van der Waals surface area contributed by atoms with Crippen molar-refractivity contribution in [1.82, 2.24) is 0 Å². The van der Waals surface area contributed by atoms with E-state index >= 15 is 0 Å². The lowest BCUT2D eigenvalue weighted by atomic mass is 10.4. The van der Waals surface area contributed by atoms with Crippen LogP contribution in [-0.2, 0) is 0 Å². The van der Waals surface area contributed by atoms with E-state index < -0.39 is 0 Å². The first-order valence-corrected chi connectivity index (χ1v) is 3.72. The van der Waals surface area contributed by atoms with Crippen molar-refractivity contribution in [1.29, 1.82) is 0 Å². The van der Waals surface area contributed by atoms with Gasteiger partial charge in [-0.05, 0) is 12.5 Å². The van der Waals surface area contributed by atoms with Crippen molar-refractivity contribution in [2.45, 2.75) is 13.3 Å². The van der Waals surface area contributed by atoms with Gasteiger partial charge in [0, 0.05) is 0 Å². The maximum absolute atomic E-state index is 2.14. The van der Waals surface area contributed by atoms with Crippen LogP contribution in [0.4, 0.5) is 0 Å². The van der Waals surface area contributed by atoms with E-state index in [1.54, 1.807) is 0 Å². The normalized spacial score (nSPS) is 13.6. The van der Waals surface area contributed by atoms with Gasteiger partial charge in [-0.2, -0.15) is 0 Å². The van der Waals surface area contributed by atoms with Crippen molar-refractivity contribution in [2.24, 2.45) is 0 Å². The van der Waals surface area contributed by atoms with Gasteiger partial charge in [0.1, 0.15) is 0 Å². The second-order valence-electron chi connectivity index (χ2n) is 3.29. The number of quaternary nitrogens is 1. The summed E-state index contributed by atoms with van der Waals surface area (Å²) in [6.45, 7) is 2.14. The van der Waals surface area contributed by atoms with Crippen LogP contribution in [0.5, 0.6) is 0 Å². The minimum Gasteiger partial charge on any atom is -0.305 e. The molecular formula is C9H18N+. The molecule has 0 fully saturated rings. The third-order valence-electron chi connectivity index (χ3n) is 1.02. The van der Waals surface area contributed by atoms with Gasteiger partial charge in [0.25, 0.3) is 0 Å². The molecule has 0 bridgehead atoms. The Balaban J connectivity index is 3.66. The summed E-state index contributed by atoms with van der Waals surface area (Å²) in [6.07, 6.45) is 9.58. The van der Waals surface area contributed by atoms with Crippen LogP contribution < -0.4 is 0 Å². The fourth-order valence-electron chi connectivity index (χ4n) is 0.523. The van der Waals surface area contributed by atoms with Crippen molar-refractivity contribution in [2.75, 3.05) is 21.1 Å². The van der Waals surface area contributed by atoms with Crippen molar-refractivity contribution >= 4 is 0 Å². The van der Waals surface area contributed by atoms with Crippen molar-refractivity contribution in [3.05, 3.63) is 24.4 Å². The molecule has 0 aromatic heterocycles. The molecule has 1 nitrogen and oxygen atoms in total. The van der Waals surface area contributed by atoms with Gasteiger partial charge < -0.3 is 4.48 Å². The number of hydrogen-bond donors (Lipinski definition) is 0. The molecule has 0 aromatic rings. The van der Waals surface area contributed by atoms with Gasteiger partial charge in [-0.25, -0.2) is 0 Å². The minimum absolute atomic E-state index is 0.883. The first-order chi connectivity index (χ1) is 4.56. The minimum atomic E-state index is 0.883. The summed E-state index contributed by atoms with van der Waals surface area (Å²) in [5, 5.41) is 0. The molecule has 0 aliphatic heterocycles. The zero-order chi connectivity index (χ0) is 8.04. The van der Waals surface area contributed by atoms with Crippen LogP contribution in [0.1, 0.15) is 13.3 Å². The Hall–Kier alpha value is -0.560. The predicted octanol–water partition coefficient (Wildman–Crippen LogP) is 2.17. The molecule has 0 aliphatic rings. The number of rotatable bonds is 3. The summed E-state index contributed by atoms with van der Waals surface area (Å²) in [5.41, 5.74) is 0. The van der Waals surface area contributed by atoms with E-state index in [4.69, 9.17) is 0 Å².